The molecule has 5 aromatic rings. The van der Waals surface area contributed by atoms with E-state index in [1.165, 1.54) is 22.1 Å². The molecular weight excluding hydrogens is 422 g/mol. The minimum atomic E-state index is 0.714. The van der Waals surface area contributed by atoms with Gasteiger partial charge >= 0.3 is 0 Å². The Hall–Kier alpha value is -3.63. The fourth-order valence-electron chi connectivity index (χ4n) is 4.23. The van der Waals surface area contributed by atoms with E-state index in [-0.39, 0.29) is 0 Å². The van der Waals surface area contributed by atoms with Crippen molar-refractivity contribution in [2.45, 2.75) is 18.5 Å². The van der Waals surface area contributed by atoms with Gasteiger partial charge in [0, 0.05) is 35.5 Å². The molecule has 0 aliphatic rings. The van der Waals surface area contributed by atoms with Crippen molar-refractivity contribution in [1.82, 2.24) is 9.97 Å². The second-order valence-electron chi connectivity index (χ2n) is 8.03. The van der Waals surface area contributed by atoms with Crippen molar-refractivity contribution in [3.63, 3.8) is 0 Å². The van der Waals surface area contributed by atoms with E-state index in [9.17, 15) is 0 Å². The SMILES string of the molecule is CSc1nc(NCc2ccccc2)c2c(-c3ccccc3)cccc2c1-c1cncc(C)c1. The van der Waals surface area contributed by atoms with E-state index in [1.54, 1.807) is 11.8 Å². The van der Waals surface area contributed by atoms with Gasteiger partial charge < -0.3 is 5.32 Å². The molecule has 3 nitrogen and oxygen atoms in total. The fourth-order valence-corrected chi connectivity index (χ4v) is 4.85. The molecule has 33 heavy (non-hydrogen) atoms. The monoisotopic (exact) mass is 447 g/mol. The molecular formula is C29H25N3S. The van der Waals surface area contributed by atoms with E-state index < -0.39 is 0 Å². The molecule has 0 aliphatic heterocycles. The van der Waals surface area contributed by atoms with Crippen molar-refractivity contribution in [1.29, 1.82) is 0 Å². The molecule has 4 heteroatoms. The van der Waals surface area contributed by atoms with Crippen LogP contribution >= 0.6 is 11.8 Å². The van der Waals surface area contributed by atoms with Crippen LogP contribution in [0, 0.1) is 6.92 Å². The average molecular weight is 448 g/mol. The molecule has 0 atom stereocenters. The van der Waals surface area contributed by atoms with Crippen molar-refractivity contribution >= 4 is 28.4 Å². The zero-order chi connectivity index (χ0) is 22.6. The van der Waals surface area contributed by atoms with Crippen LogP contribution in [0.25, 0.3) is 33.0 Å². The quantitative estimate of drug-likeness (QED) is 0.272. The number of hydrogen-bond acceptors (Lipinski definition) is 4. The summed E-state index contributed by atoms with van der Waals surface area (Å²) >= 11 is 1.67. The van der Waals surface area contributed by atoms with E-state index in [0.717, 1.165) is 32.9 Å². The Labute approximate surface area is 198 Å². The number of thioether (sulfide) groups is 1. The van der Waals surface area contributed by atoms with Crippen LogP contribution in [-0.4, -0.2) is 16.2 Å². The molecule has 162 valence electrons. The van der Waals surface area contributed by atoms with Crippen LogP contribution < -0.4 is 5.32 Å². The van der Waals surface area contributed by atoms with Gasteiger partial charge in [-0.2, -0.15) is 0 Å². The minimum absolute atomic E-state index is 0.714. The van der Waals surface area contributed by atoms with Gasteiger partial charge in [0.15, 0.2) is 0 Å². The van der Waals surface area contributed by atoms with Gasteiger partial charge in [-0.1, -0.05) is 78.9 Å². The summed E-state index contributed by atoms with van der Waals surface area (Å²) in [5.74, 6) is 0.905. The maximum absolute atomic E-state index is 5.15. The number of hydrogen-bond donors (Lipinski definition) is 1. The first-order chi connectivity index (χ1) is 16.2. The summed E-state index contributed by atoms with van der Waals surface area (Å²) in [6.45, 7) is 2.79. The normalized spacial score (nSPS) is 11.0. The number of anilines is 1. The highest BCUT2D eigenvalue weighted by Gasteiger charge is 2.18. The Morgan fingerprint density at radius 1 is 0.818 bits per heavy atom. The maximum atomic E-state index is 5.15. The lowest BCUT2D eigenvalue weighted by atomic mass is 9.94. The van der Waals surface area contributed by atoms with E-state index in [4.69, 9.17) is 4.98 Å². The number of rotatable bonds is 6. The van der Waals surface area contributed by atoms with Gasteiger partial charge in [-0.05, 0) is 46.9 Å². The highest BCUT2D eigenvalue weighted by Crippen LogP contribution is 2.42. The molecule has 1 N–H and O–H groups in total. The van der Waals surface area contributed by atoms with Crippen molar-refractivity contribution in [2.24, 2.45) is 0 Å². The van der Waals surface area contributed by atoms with E-state index in [0.29, 0.717) is 6.54 Å². The summed E-state index contributed by atoms with van der Waals surface area (Å²) in [5.41, 5.74) is 6.94. The number of benzene rings is 3. The number of nitrogens with one attached hydrogen (secondary N) is 1. The van der Waals surface area contributed by atoms with Crippen LogP contribution in [0.1, 0.15) is 11.1 Å². The van der Waals surface area contributed by atoms with Crippen molar-refractivity contribution in [3.8, 4) is 22.3 Å². The molecule has 0 fully saturated rings. The first-order valence-corrected chi connectivity index (χ1v) is 12.2. The van der Waals surface area contributed by atoms with E-state index in [2.05, 4.69) is 102 Å². The van der Waals surface area contributed by atoms with Crippen LogP contribution in [0.3, 0.4) is 0 Å². The third-order valence-electron chi connectivity index (χ3n) is 5.74. The van der Waals surface area contributed by atoms with Gasteiger partial charge in [0.2, 0.25) is 0 Å². The number of pyridine rings is 2. The van der Waals surface area contributed by atoms with Crippen LogP contribution in [0.2, 0.25) is 0 Å². The Bertz CT molecular complexity index is 1400. The minimum Gasteiger partial charge on any atom is -0.365 e. The Morgan fingerprint density at radius 2 is 1.58 bits per heavy atom. The van der Waals surface area contributed by atoms with Crippen molar-refractivity contribution < 1.29 is 0 Å². The second-order valence-corrected chi connectivity index (χ2v) is 8.82. The number of fused-ring (bicyclic) bond motifs is 1. The molecule has 0 radical (unpaired) electrons. The molecule has 0 spiro atoms. The van der Waals surface area contributed by atoms with Gasteiger partial charge in [0.05, 0.1) is 0 Å². The third kappa shape index (κ3) is 4.35. The Balaban J connectivity index is 1.77. The summed E-state index contributed by atoms with van der Waals surface area (Å²) in [6, 6.07) is 29.7. The largest absolute Gasteiger partial charge is 0.365 e. The highest BCUT2D eigenvalue weighted by atomic mass is 32.2. The summed E-state index contributed by atoms with van der Waals surface area (Å²) in [4.78, 5) is 9.62. The zero-order valence-electron chi connectivity index (χ0n) is 18.7. The maximum Gasteiger partial charge on any atom is 0.136 e. The average Bonchev–Trinajstić information content (AvgIpc) is 2.87. The molecule has 0 aliphatic carbocycles. The van der Waals surface area contributed by atoms with Gasteiger partial charge in [-0.25, -0.2) is 4.98 Å². The van der Waals surface area contributed by atoms with Gasteiger partial charge in [0.25, 0.3) is 0 Å². The second kappa shape index (κ2) is 9.47. The zero-order valence-corrected chi connectivity index (χ0v) is 19.6. The Morgan fingerprint density at radius 3 is 2.30 bits per heavy atom. The topological polar surface area (TPSA) is 37.8 Å². The smallest absolute Gasteiger partial charge is 0.136 e. The molecule has 0 bridgehead atoms. The summed E-state index contributed by atoms with van der Waals surface area (Å²) in [7, 11) is 0. The number of aryl methyl sites for hydroxylation is 1. The molecule has 2 aromatic heterocycles. The van der Waals surface area contributed by atoms with E-state index in [1.807, 2.05) is 18.5 Å². The van der Waals surface area contributed by atoms with Gasteiger partial charge in [0.1, 0.15) is 10.8 Å². The van der Waals surface area contributed by atoms with Crippen molar-refractivity contribution in [2.75, 3.05) is 11.6 Å². The highest BCUT2D eigenvalue weighted by molar-refractivity contribution is 7.98. The molecule has 3 aromatic carbocycles. The predicted molar refractivity (Wildman–Crippen MR) is 141 cm³/mol. The molecule has 0 unspecified atom stereocenters. The lowest BCUT2D eigenvalue weighted by Crippen LogP contribution is -2.05. The first kappa shape index (κ1) is 21.2. The molecule has 2 heterocycles. The first-order valence-electron chi connectivity index (χ1n) is 11.0. The van der Waals surface area contributed by atoms with Crippen LogP contribution in [-0.2, 0) is 6.54 Å². The summed E-state index contributed by atoms with van der Waals surface area (Å²) in [6.07, 6.45) is 5.92. The summed E-state index contributed by atoms with van der Waals surface area (Å²) < 4.78 is 0. The summed E-state index contributed by atoms with van der Waals surface area (Å²) in [5, 5.41) is 6.95. The van der Waals surface area contributed by atoms with Gasteiger partial charge in [-0.3, -0.25) is 4.98 Å². The molecule has 5 rings (SSSR count). The number of nitrogens with zero attached hydrogens (tertiary/aromatic N) is 2. The fraction of sp³-hybridized carbons (Fsp3) is 0.103. The molecule has 0 amide bonds. The molecule has 0 saturated heterocycles. The third-order valence-corrected chi connectivity index (χ3v) is 6.42. The Kier molecular flexibility index (Phi) is 6.09. The lowest BCUT2D eigenvalue weighted by Gasteiger charge is -2.19. The standard InChI is InChI=1S/C29H25N3S/c1-20-16-23(19-30-17-20)26-25-15-9-14-24(22-12-7-4-8-13-22)27(25)28(32-29(26)33-2)31-18-21-10-5-3-6-11-21/h3-17,19H,18H2,1-2H3,(H,31,32). The van der Waals surface area contributed by atoms with Crippen LogP contribution in [0.4, 0.5) is 5.82 Å². The molecule has 0 saturated carbocycles. The van der Waals surface area contributed by atoms with Crippen LogP contribution in [0.15, 0.2) is 102 Å². The predicted octanol–water partition coefficient (Wildman–Crippen LogP) is 7.61. The van der Waals surface area contributed by atoms with Crippen molar-refractivity contribution in [3.05, 3.63) is 108 Å². The van der Waals surface area contributed by atoms with E-state index >= 15 is 0 Å². The van der Waals surface area contributed by atoms with Crippen LogP contribution in [0.5, 0.6) is 0 Å². The lowest BCUT2D eigenvalue weighted by molar-refractivity contribution is 1.08. The van der Waals surface area contributed by atoms with Gasteiger partial charge in [-0.15, -0.1) is 11.8 Å². The number of aromatic nitrogens is 2.